The van der Waals surface area contributed by atoms with E-state index in [0.29, 0.717) is 16.6 Å². The molecule has 0 aliphatic carbocycles. The van der Waals surface area contributed by atoms with Gasteiger partial charge >= 0.3 is 0 Å². The van der Waals surface area contributed by atoms with E-state index in [1.165, 1.54) is 16.2 Å². The molecule has 0 saturated carbocycles. The van der Waals surface area contributed by atoms with Gasteiger partial charge in [0.05, 0.1) is 15.7 Å². The third kappa shape index (κ3) is 4.59. The maximum absolute atomic E-state index is 13.5. The van der Waals surface area contributed by atoms with Crippen LogP contribution in [-0.4, -0.2) is 29.0 Å². The lowest BCUT2D eigenvalue weighted by Crippen LogP contribution is -2.54. The number of amides is 2. The highest BCUT2D eigenvalue weighted by molar-refractivity contribution is 7.80. The molecule has 0 radical (unpaired) electrons. The molecule has 2 aliphatic heterocycles. The van der Waals surface area contributed by atoms with E-state index in [0.717, 1.165) is 30.5 Å². The van der Waals surface area contributed by atoms with Crippen LogP contribution in [0.1, 0.15) is 63.1 Å². The summed E-state index contributed by atoms with van der Waals surface area (Å²) in [4.78, 5) is 30.1. The van der Waals surface area contributed by atoms with Gasteiger partial charge in [-0.25, -0.2) is 0 Å². The Hall–Kier alpha value is -2.41. The minimum atomic E-state index is -0.540. The van der Waals surface area contributed by atoms with Crippen LogP contribution in [0.3, 0.4) is 0 Å². The average Bonchev–Trinajstić information content (AvgIpc) is 2.77. The van der Waals surface area contributed by atoms with Crippen molar-refractivity contribution in [2.45, 2.75) is 58.9 Å². The zero-order chi connectivity index (χ0) is 25.7. The molecule has 2 amide bonds. The van der Waals surface area contributed by atoms with Crippen LogP contribution in [-0.2, 0) is 9.59 Å². The second-order valence-electron chi connectivity index (χ2n) is 9.87. The van der Waals surface area contributed by atoms with E-state index in [1.807, 2.05) is 6.92 Å². The number of carbonyl (C=O) groups is 2. The van der Waals surface area contributed by atoms with Crippen molar-refractivity contribution in [1.82, 2.24) is 5.32 Å². The minimum Gasteiger partial charge on any atom is -0.366 e. The van der Waals surface area contributed by atoms with Gasteiger partial charge in [-0.2, -0.15) is 0 Å². The summed E-state index contributed by atoms with van der Waals surface area (Å²) < 4.78 is 0. The Morgan fingerprint density at radius 3 is 2.60 bits per heavy atom. The smallest absolute Gasteiger partial charge is 0.270 e. The van der Waals surface area contributed by atoms with E-state index in [-0.39, 0.29) is 21.2 Å². The van der Waals surface area contributed by atoms with Crippen LogP contribution in [0.5, 0.6) is 0 Å². The van der Waals surface area contributed by atoms with Crippen molar-refractivity contribution >= 4 is 69.8 Å². The van der Waals surface area contributed by atoms with Gasteiger partial charge in [-0.3, -0.25) is 19.8 Å². The van der Waals surface area contributed by atoms with Gasteiger partial charge in [0.2, 0.25) is 0 Å². The van der Waals surface area contributed by atoms with Crippen LogP contribution in [0.15, 0.2) is 35.9 Å². The second kappa shape index (κ2) is 9.57. The maximum atomic E-state index is 13.5. The number of fused-ring (bicyclic) bond motifs is 1. The average molecular weight is 531 g/mol. The Bertz CT molecular complexity index is 1270. The number of nitrogens with one attached hydrogen (secondary N) is 1. The fourth-order valence-electron chi connectivity index (χ4n) is 5.15. The van der Waals surface area contributed by atoms with E-state index < -0.39 is 11.8 Å². The number of halogens is 2. The Balaban J connectivity index is 1.79. The fraction of sp³-hybridized carbons (Fsp3) is 0.370. The standard InChI is InChI=1S/C27H29Cl2N3O2S/c1-6-10-31-22-11-15(2)17(12-18(22)16(3)14-27(31,4)5)13-19-24(33)30-26(35)32(25(19)34)21-9-7-8-20(28)23(21)29/h7-9,11-13,16H,6,10,14H2,1-5H3,(H,30,33,35)/b19-13-. The van der Waals surface area contributed by atoms with Crippen LogP contribution in [0.2, 0.25) is 10.0 Å². The molecule has 35 heavy (non-hydrogen) atoms. The number of thiocarbonyl (C=S) groups is 1. The topological polar surface area (TPSA) is 52.7 Å². The van der Waals surface area contributed by atoms with E-state index in [2.05, 4.69) is 50.0 Å². The molecule has 0 aromatic heterocycles. The zero-order valence-electron chi connectivity index (χ0n) is 20.5. The highest BCUT2D eigenvalue weighted by atomic mass is 35.5. The molecular formula is C27H29Cl2N3O2S. The molecule has 0 spiro atoms. The monoisotopic (exact) mass is 529 g/mol. The first-order chi connectivity index (χ1) is 16.5. The third-order valence-electron chi connectivity index (χ3n) is 6.79. The lowest BCUT2D eigenvalue weighted by Gasteiger charge is -2.48. The van der Waals surface area contributed by atoms with Crippen molar-refractivity contribution in [2.24, 2.45) is 0 Å². The summed E-state index contributed by atoms with van der Waals surface area (Å²) in [6.07, 6.45) is 3.73. The molecule has 5 nitrogen and oxygen atoms in total. The molecule has 1 atom stereocenters. The quantitative estimate of drug-likeness (QED) is 0.274. The van der Waals surface area contributed by atoms with Crippen LogP contribution in [0.4, 0.5) is 11.4 Å². The predicted octanol–water partition coefficient (Wildman–Crippen LogP) is 6.64. The van der Waals surface area contributed by atoms with Crippen molar-refractivity contribution in [3.05, 3.63) is 62.6 Å². The molecule has 2 aliphatic rings. The molecule has 4 rings (SSSR count). The van der Waals surface area contributed by atoms with Crippen molar-refractivity contribution in [1.29, 1.82) is 0 Å². The molecule has 1 unspecified atom stereocenters. The first-order valence-electron chi connectivity index (χ1n) is 11.7. The molecule has 2 aromatic rings. The van der Waals surface area contributed by atoms with Gasteiger partial charge in [0, 0.05) is 17.8 Å². The summed E-state index contributed by atoms with van der Waals surface area (Å²) in [7, 11) is 0. The number of anilines is 2. The molecule has 8 heteroatoms. The lowest BCUT2D eigenvalue weighted by molar-refractivity contribution is -0.122. The van der Waals surface area contributed by atoms with Crippen molar-refractivity contribution in [2.75, 3.05) is 16.3 Å². The Kier molecular flexibility index (Phi) is 7.02. The molecule has 1 N–H and O–H groups in total. The van der Waals surface area contributed by atoms with Crippen LogP contribution < -0.4 is 15.1 Å². The fourth-order valence-corrected chi connectivity index (χ4v) is 5.80. The third-order valence-corrected chi connectivity index (χ3v) is 7.89. The summed E-state index contributed by atoms with van der Waals surface area (Å²) in [5.74, 6) is -0.730. The number of hydrogen-bond acceptors (Lipinski definition) is 4. The zero-order valence-corrected chi connectivity index (χ0v) is 22.9. The number of nitrogens with zero attached hydrogens (tertiary/aromatic N) is 2. The van der Waals surface area contributed by atoms with Gasteiger partial charge in [-0.15, -0.1) is 0 Å². The predicted molar refractivity (Wildman–Crippen MR) is 149 cm³/mol. The summed E-state index contributed by atoms with van der Waals surface area (Å²) in [6.45, 7) is 12.0. The highest BCUT2D eigenvalue weighted by Crippen LogP contribution is 2.45. The number of hydrogen-bond donors (Lipinski definition) is 1. The number of carbonyl (C=O) groups excluding carboxylic acids is 2. The Morgan fingerprint density at radius 1 is 1.20 bits per heavy atom. The van der Waals surface area contributed by atoms with Gasteiger partial charge in [0.15, 0.2) is 5.11 Å². The van der Waals surface area contributed by atoms with Crippen LogP contribution in [0, 0.1) is 6.92 Å². The molecule has 2 heterocycles. The summed E-state index contributed by atoms with van der Waals surface area (Å²) in [5.41, 5.74) is 4.65. The molecule has 2 aromatic carbocycles. The lowest BCUT2D eigenvalue weighted by atomic mass is 9.78. The number of aryl methyl sites for hydroxylation is 1. The van der Waals surface area contributed by atoms with E-state index in [9.17, 15) is 9.59 Å². The molecule has 1 saturated heterocycles. The summed E-state index contributed by atoms with van der Waals surface area (Å²) in [6, 6.07) is 9.24. The SMILES string of the molecule is CCCN1c2cc(C)c(/C=C3/C(=O)NC(=S)N(c4cccc(Cl)c4Cl)C3=O)cc2C(C)CC1(C)C. The van der Waals surface area contributed by atoms with E-state index >= 15 is 0 Å². The first-order valence-corrected chi connectivity index (χ1v) is 12.9. The van der Waals surface area contributed by atoms with Crippen LogP contribution >= 0.6 is 35.4 Å². The molecule has 1 fully saturated rings. The normalized spacial score (nSPS) is 20.8. The Morgan fingerprint density at radius 2 is 1.91 bits per heavy atom. The van der Waals surface area contributed by atoms with Gasteiger partial charge in [-0.1, -0.05) is 43.1 Å². The van der Waals surface area contributed by atoms with Gasteiger partial charge in [-0.05, 0) is 98.8 Å². The van der Waals surface area contributed by atoms with Crippen molar-refractivity contribution in [3.8, 4) is 0 Å². The second-order valence-corrected chi connectivity index (χ2v) is 11.0. The summed E-state index contributed by atoms with van der Waals surface area (Å²) in [5, 5.41) is 3.07. The summed E-state index contributed by atoms with van der Waals surface area (Å²) >= 11 is 17.8. The van der Waals surface area contributed by atoms with Crippen molar-refractivity contribution in [3.63, 3.8) is 0 Å². The van der Waals surface area contributed by atoms with E-state index in [4.69, 9.17) is 35.4 Å². The highest BCUT2D eigenvalue weighted by Gasteiger charge is 2.38. The van der Waals surface area contributed by atoms with Crippen LogP contribution in [0.25, 0.3) is 6.08 Å². The largest absolute Gasteiger partial charge is 0.366 e. The number of rotatable bonds is 4. The first kappa shape index (κ1) is 25.7. The molecule has 184 valence electrons. The number of benzene rings is 2. The minimum absolute atomic E-state index is 0.00750. The molecular weight excluding hydrogens is 501 g/mol. The van der Waals surface area contributed by atoms with Gasteiger partial charge in [0.1, 0.15) is 5.57 Å². The Labute approximate surface area is 222 Å². The molecule has 0 bridgehead atoms. The van der Waals surface area contributed by atoms with Gasteiger partial charge < -0.3 is 4.90 Å². The maximum Gasteiger partial charge on any atom is 0.270 e. The van der Waals surface area contributed by atoms with Crippen molar-refractivity contribution < 1.29 is 9.59 Å². The van der Waals surface area contributed by atoms with Gasteiger partial charge in [0.25, 0.3) is 11.8 Å². The van der Waals surface area contributed by atoms with E-state index in [1.54, 1.807) is 24.3 Å².